The third kappa shape index (κ3) is 4.92. The van der Waals surface area contributed by atoms with Crippen LogP contribution in [0.5, 0.6) is 0 Å². The second kappa shape index (κ2) is 9.28. The van der Waals surface area contributed by atoms with Crippen LogP contribution in [0, 0.1) is 6.92 Å². The number of anilines is 2. The Kier molecular flexibility index (Phi) is 6.29. The lowest BCUT2D eigenvalue weighted by Crippen LogP contribution is -2.47. The van der Waals surface area contributed by atoms with E-state index in [4.69, 9.17) is 10.7 Å². The van der Waals surface area contributed by atoms with Gasteiger partial charge in [-0.3, -0.25) is 9.78 Å². The molecule has 4 heterocycles. The van der Waals surface area contributed by atoms with Crippen LogP contribution in [0.4, 0.5) is 16.4 Å². The number of thiophene rings is 1. The Morgan fingerprint density at radius 1 is 1.13 bits per heavy atom. The summed E-state index contributed by atoms with van der Waals surface area (Å²) in [5.41, 5.74) is 8.73. The number of rotatable bonds is 1. The maximum Gasteiger partial charge on any atom is 0.250 e. The van der Waals surface area contributed by atoms with Gasteiger partial charge in [0, 0.05) is 43.4 Å². The van der Waals surface area contributed by atoms with E-state index in [0.717, 1.165) is 43.4 Å². The highest BCUT2D eigenvalue weighted by Crippen LogP contribution is 2.39. The number of piperazine rings is 1. The molecule has 1 amide bonds. The highest BCUT2D eigenvalue weighted by molar-refractivity contribution is 7.16. The molecule has 0 aliphatic carbocycles. The van der Waals surface area contributed by atoms with Crippen LogP contribution < -0.4 is 11.1 Å². The SMILES string of the molecule is Cc1cc2c(s1)Nc1ccccc1N=C2N1CCN(C)CC1.NC(=O)c1cccnc1. The quantitative estimate of drug-likeness (QED) is 0.611. The Hall–Kier alpha value is -3.23. The zero-order valence-electron chi connectivity index (χ0n) is 17.7. The lowest BCUT2D eigenvalue weighted by atomic mass is 10.2. The lowest BCUT2D eigenvalue weighted by Gasteiger charge is -2.34. The summed E-state index contributed by atoms with van der Waals surface area (Å²) in [6.07, 6.45) is 3.02. The molecule has 160 valence electrons. The standard InChI is InChI=1S/C17H20N4S.C6H6N2O/c1-12-11-13-16(21-9-7-20(2)8-10-21)18-14-5-3-4-6-15(14)19-17(13)22-12;7-6(9)5-2-1-3-8-4-5/h3-6,11,19H,7-10H2,1-2H3;1-4H,(H2,7,9). The van der Waals surface area contributed by atoms with Crippen molar-refractivity contribution in [3.63, 3.8) is 0 Å². The van der Waals surface area contributed by atoms with Crippen LogP contribution in [-0.4, -0.2) is 59.8 Å². The normalized spacial score (nSPS) is 15.4. The average Bonchev–Trinajstić information content (AvgIpc) is 3.07. The number of hydrogen-bond donors (Lipinski definition) is 2. The Morgan fingerprint density at radius 3 is 2.58 bits per heavy atom. The van der Waals surface area contributed by atoms with Gasteiger partial charge in [0.1, 0.15) is 10.8 Å². The molecular weight excluding hydrogens is 408 g/mol. The summed E-state index contributed by atoms with van der Waals surface area (Å²) >= 11 is 1.81. The smallest absolute Gasteiger partial charge is 0.250 e. The fraction of sp³-hybridized carbons (Fsp3) is 0.261. The lowest BCUT2D eigenvalue weighted by molar-refractivity contribution is 0.1000. The average molecular weight is 435 g/mol. The summed E-state index contributed by atoms with van der Waals surface area (Å²) in [5.74, 6) is 0.674. The summed E-state index contributed by atoms with van der Waals surface area (Å²) in [6.45, 7) is 6.41. The predicted molar refractivity (Wildman–Crippen MR) is 127 cm³/mol. The number of hydrogen-bond acceptors (Lipinski definition) is 7. The molecule has 0 saturated carbocycles. The third-order valence-electron chi connectivity index (χ3n) is 5.22. The number of likely N-dealkylation sites (N-methyl/N-ethyl adjacent to an activating group) is 1. The highest BCUT2D eigenvalue weighted by atomic mass is 32.1. The topological polar surface area (TPSA) is 86.9 Å². The minimum atomic E-state index is -0.442. The minimum absolute atomic E-state index is 0.442. The van der Waals surface area contributed by atoms with E-state index in [1.807, 2.05) is 0 Å². The number of pyridine rings is 1. The zero-order chi connectivity index (χ0) is 21.8. The summed E-state index contributed by atoms with van der Waals surface area (Å²) < 4.78 is 0. The van der Waals surface area contributed by atoms with Crippen LogP contribution in [-0.2, 0) is 0 Å². The fourth-order valence-electron chi connectivity index (χ4n) is 3.51. The number of aliphatic imine (C=N–C) groups is 1. The van der Waals surface area contributed by atoms with Gasteiger partial charge in [-0.2, -0.15) is 0 Å². The molecule has 2 aliphatic heterocycles. The van der Waals surface area contributed by atoms with Crippen molar-refractivity contribution in [1.29, 1.82) is 0 Å². The van der Waals surface area contributed by atoms with Gasteiger partial charge in [-0.05, 0) is 44.3 Å². The molecule has 5 rings (SSSR count). The van der Waals surface area contributed by atoms with Crippen LogP contribution in [0.1, 0.15) is 20.8 Å². The van der Waals surface area contributed by atoms with E-state index in [0.29, 0.717) is 5.56 Å². The van der Waals surface area contributed by atoms with Gasteiger partial charge in [0.05, 0.1) is 22.5 Å². The molecule has 3 aromatic rings. The molecule has 0 radical (unpaired) electrons. The van der Waals surface area contributed by atoms with Crippen molar-refractivity contribution in [1.82, 2.24) is 14.8 Å². The number of nitrogens with zero attached hydrogens (tertiary/aromatic N) is 4. The molecule has 31 heavy (non-hydrogen) atoms. The Labute approximate surface area is 186 Å². The van der Waals surface area contributed by atoms with E-state index >= 15 is 0 Å². The van der Waals surface area contributed by atoms with E-state index in [-0.39, 0.29) is 0 Å². The number of amidine groups is 1. The number of fused-ring (bicyclic) bond motifs is 2. The molecule has 0 spiro atoms. The van der Waals surface area contributed by atoms with E-state index in [2.05, 4.69) is 64.4 Å². The molecular formula is C23H26N6OS. The number of aromatic nitrogens is 1. The van der Waals surface area contributed by atoms with Crippen molar-refractivity contribution in [3.8, 4) is 0 Å². The van der Waals surface area contributed by atoms with Crippen LogP contribution in [0.3, 0.4) is 0 Å². The van der Waals surface area contributed by atoms with Gasteiger partial charge < -0.3 is 20.9 Å². The first-order chi connectivity index (χ1) is 15.0. The Bertz CT molecular complexity index is 1090. The number of benzene rings is 1. The van der Waals surface area contributed by atoms with Gasteiger partial charge in [0.15, 0.2) is 0 Å². The first kappa shape index (κ1) is 21.0. The van der Waals surface area contributed by atoms with Crippen molar-refractivity contribution >= 4 is 39.5 Å². The summed E-state index contributed by atoms with van der Waals surface area (Å²) in [6, 6.07) is 13.8. The fourth-order valence-corrected chi connectivity index (χ4v) is 4.43. The van der Waals surface area contributed by atoms with Gasteiger partial charge in [0.25, 0.3) is 0 Å². The number of para-hydroxylation sites is 2. The third-order valence-corrected chi connectivity index (χ3v) is 6.19. The Balaban J connectivity index is 0.000000217. The van der Waals surface area contributed by atoms with Crippen LogP contribution in [0.2, 0.25) is 0 Å². The summed E-state index contributed by atoms with van der Waals surface area (Å²) in [4.78, 5) is 25.2. The van der Waals surface area contributed by atoms with Crippen LogP contribution >= 0.6 is 11.3 Å². The van der Waals surface area contributed by atoms with Gasteiger partial charge in [-0.1, -0.05) is 12.1 Å². The van der Waals surface area contributed by atoms with E-state index < -0.39 is 5.91 Å². The second-order valence-electron chi connectivity index (χ2n) is 7.57. The number of nitrogens with one attached hydrogen (secondary N) is 1. The molecule has 0 bridgehead atoms. The summed E-state index contributed by atoms with van der Waals surface area (Å²) in [7, 11) is 2.18. The van der Waals surface area contributed by atoms with Gasteiger partial charge in [0.2, 0.25) is 5.91 Å². The molecule has 1 fully saturated rings. The summed E-state index contributed by atoms with van der Waals surface area (Å²) in [5, 5.41) is 4.78. The monoisotopic (exact) mass is 434 g/mol. The maximum atomic E-state index is 10.4. The van der Waals surface area contributed by atoms with Crippen molar-refractivity contribution in [2.75, 3.05) is 38.5 Å². The van der Waals surface area contributed by atoms with Gasteiger partial charge >= 0.3 is 0 Å². The highest BCUT2D eigenvalue weighted by Gasteiger charge is 2.25. The van der Waals surface area contributed by atoms with Gasteiger partial charge in [-0.15, -0.1) is 11.3 Å². The van der Waals surface area contributed by atoms with Crippen LogP contribution in [0.25, 0.3) is 0 Å². The minimum Gasteiger partial charge on any atom is -0.366 e. The first-order valence-corrected chi connectivity index (χ1v) is 11.0. The van der Waals surface area contributed by atoms with Crippen molar-refractivity contribution in [2.24, 2.45) is 10.7 Å². The molecule has 1 saturated heterocycles. The van der Waals surface area contributed by atoms with Crippen molar-refractivity contribution in [2.45, 2.75) is 6.92 Å². The molecule has 3 N–H and O–H groups in total. The number of amides is 1. The second-order valence-corrected chi connectivity index (χ2v) is 8.83. The van der Waals surface area contributed by atoms with Crippen molar-refractivity contribution < 1.29 is 4.79 Å². The molecule has 0 unspecified atom stereocenters. The predicted octanol–water partition coefficient (Wildman–Crippen LogP) is 3.62. The van der Waals surface area contributed by atoms with Crippen molar-refractivity contribution in [3.05, 3.63) is 70.9 Å². The number of primary amides is 1. The molecule has 8 heteroatoms. The van der Waals surface area contributed by atoms with E-state index in [1.54, 1.807) is 29.7 Å². The number of aryl methyl sites for hydroxylation is 1. The number of carbonyl (C=O) groups is 1. The molecule has 7 nitrogen and oxygen atoms in total. The molecule has 1 aromatic carbocycles. The molecule has 2 aliphatic rings. The number of carbonyl (C=O) groups excluding carboxylic acids is 1. The Morgan fingerprint density at radius 2 is 1.90 bits per heavy atom. The van der Waals surface area contributed by atoms with Crippen LogP contribution in [0.15, 0.2) is 59.9 Å². The van der Waals surface area contributed by atoms with E-state index in [1.165, 1.54) is 21.6 Å². The zero-order valence-corrected chi connectivity index (χ0v) is 18.5. The number of nitrogens with two attached hydrogens (primary N) is 1. The van der Waals surface area contributed by atoms with E-state index in [9.17, 15) is 4.79 Å². The molecule has 0 atom stereocenters. The largest absolute Gasteiger partial charge is 0.366 e. The van der Waals surface area contributed by atoms with Gasteiger partial charge in [-0.25, -0.2) is 4.99 Å². The first-order valence-electron chi connectivity index (χ1n) is 10.2. The maximum absolute atomic E-state index is 10.4. The molecule has 2 aromatic heterocycles.